The number of hydrogen-bond acceptors (Lipinski definition) is 3. The zero-order chi connectivity index (χ0) is 20.2. The van der Waals surface area contributed by atoms with Crippen molar-refractivity contribution in [2.75, 3.05) is 32.1 Å². The number of nitrogens with one attached hydrogen (secondary N) is 2. The maximum Gasteiger partial charge on any atom is 0.225 e. The third-order valence-corrected chi connectivity index (χ3v) is 5.29. The number of hydrogen-bond donors (Lipinski definition) is 2. The van der Waals surface area contributed by atoms with Crippen molar-refractivity contribution in [1.29, 1.82) is 0 Å². The van der Waals surface area contributed by atoms with Gasteiger partial charge in [-0.15, -0.1) is 0 Å². The van der Waals surface area contributed by atoms with E-state index < -0.39 is 0 Å². The molecule has 1 aromatic heterocycles. The number of benzene rings is 2. The Morgan fingerprint density at radius 2 is 2.17 bits per heavy atom. The highest BCUT2D eigenvalue weighted by atomic mass is 19.1. The largest absolute Gasteiger partial charge is 0.497 e. The second-order valence-electron chi connectivity index (χ2n) is 7.20. The van der Waals surface area contributed by atoms with Crippen LogP contribution in [0.4, 0.5) is 10.1 Å². The van der Waals surface area contributed by atoms with Crippen molar-refractivity contribution in [3.05, 3.63) is 66.1 Å². The van der Waals surface area contributed by atoms with E-state index in [4.69, 9.17) is 4.74 Å². The molecule has 3 aromatic rings. The minimum absolute atomic E-state index is 0.103. The van der Waals surface area contributed by atoms with E-state index in [1.165, 1.54) is 28.7 Å². The maximum atomic E-state index is 13.2. The summed E-state index contributed by atoms with van der Waals surface area (Å²) in [4.78, 5) is 17.7. The summed E-state index contributed by atoms with van der Waals surface area (Å²) in [7, 11) is 1.68. The second kappa shape index (κ2) is 8.49. The van der Waals surface area contributed by atoms with Crippen LogP contribution in [0, 0.1) is 5.82 Å². The molecule has 0 bridgehead atoms. The van der Waals surface area contributed by atoms with Gasteiger partial charge in [-0.2, -0.15) is 0 Å². The number of ether oxygens (including phenoxy) is 1. The molecule has 0 unspecified atom stereocenters. The Balaban J connectivity index is 1.34. The van der Waals surface area contributed by atoms with E-state index in [0.717, 1.165) is 30.8 Å². The fraction of sp³-hybridized carbons (Fsp3) is 0.261. The Labute approximate surface area is 169 Å². The summed E-state index contributed by atoms with van der Waals surface area (Å²) in [6.07, 6.45) is 5.59. The molecule has 0 aliphatic carbocycles. The lowest BCUT2D eigenvalue weighted by Crippen LogP contribution is -2.31. The Morgan fingerprint density at radius 1 is 1.28 bits per heavy atom. The van der Waals surface area contributed by atoms with Crippen molar-refractivity contribution < 1.29 is 13.9 Å². The first-order valence-corrected chi connectivity index (χ1v) is 9.74. The van der Waals surface area contributed by atoms with Crippen molar-refractivity contribution >= 4 is 28.1 Å². The van der Waals surface area contributed by atoms with Gasteiger partial charge in [0.25, 0.3) is 0 Å². The number of carbonyl (C=O) groups is 1. The van der Waals surface area contributed by atoms with Crippen LogP contribution in [0.25, 0.3) is 16.5 Å². The van der Waals surface area contributed by atoms with Crippen LogP contribution >= 0.6 is 0 Å². The first-order valence-electron chi connectivity index (χ1n) is 9.74. The average molecular weight is 393 g/mol. The predicted octanol–water partition coefficient (Wildman–Crippen LogP) is 4.43. The topological polar surface area (TPSA) is 57.4 Å². The SMILES string of the molecule is COc1ccc2[nH]cc(C3=CCN(CCC(=O)Nc4cccc(F)c4)CC3)c2c1. The Morgan fingerprint density at radius 3 is 2.93 bits per heavy atom. The van der Waals surface area contributed by atoms with E-state index in [2.05, 4.69) is 33.5 Å². The first kappa shape index (κ1) is 19.2. The highest BCUT2D eigenvalue weighted by molar-refractivity contribution is 5.94. The summed E-state index contributed by atoms with van der Waals surface area (Å²) in [6.45, 7) is 2.38. The van der Waals surface area contributed by atoms with Crippen molar-refractivity contribution in [2.45, 2.75) is 12.8 Å². The number of nitrogens with zero attached hydrogens (tertiary/aromatic N) is 1. The molecule has 2 heterocycles. The number of carbonyl (C=O) groups excluding carboxylic acids is 1. The van der Waals surface area contributed by atoms with E-state index in [-0.39, 0.29) is 11.7 Å². The molecule has 0 atom stereocenters. The summed E-state index contributed by atoms with van der Waals surface area (Å²) < 4.78 is 18.6. The summed E-state index contributed by atoms with van der Waals surface area (Å²) >= 11 is 0. The van der Waals surface area contributed by atoms with Crippen molar-refractivity contribution in [3.8, 4) is 5.75 Å². The molecule has 150 valence electrons. The van der Waals surface area contributed by atoms with Gasteiger partial charge in [0.05, 0.1) is 7.11 Å². The first-order chi connectivity index (χ1) is 14.1. The van der Waals surface area contributed by atoms with Gasteiger partial charge in [0.2, 0.25) is 5.91 Å². The molecule has 29 heavy (non-hydrogen) atoms. The van der Waals surface area contributed by atoms with Crippen LogP contribution in [0.5, 0.6) is 5.75 Å². The van der Waals surface area contributed by atoms with E-state index in [1.54, 1.807) is 19.2 Å². The molecule has 2 N–H and O–H groups in total. The third-order valence-electron chi connectivity index (χ3n) is 5.29. The smallest absolute Gasteiger partial charge is 0.225 e. The van der Waals surface area contributed by atoms with Gasteiger partial charge >= 0.3 is 0 Å². The molecule has 1 aliphatic heterocycles. The van der Waals surface area contributed by atoms with Crippen LogP contribution < -0.4 is 10.1 Å². The van der Waals surface area contributed by atoms with Gasteiger partial charge in [-0.05, 0) is 48.4 Å². The summed E-state index contributed by atoms with van der Waals surface area (Å²) in [5.41, 5.74) is 4.11. The molecule has 0 saturated carbocycles. The maximum absolute atomic E-state index is 13.2. The zero-order valence-corrected chi connectivity index (χ0v) is 16.4. The third kappa shape index (κ3) is 4.49. The zero-order valence-electron chi connectivity index (χ0n) is 16.4. The number of aromatic amines is 1. The fourth-order valence-electron chi connectivity index (χ4n) is 3.70. The van der Waals surface area contributed by atoms with Crippen LogP contribution in [-0.2, 0) is 4.79 Å². The van der Waals surface area contributed by atoms with Gasteiger partial charge in [0.15, 0.2) is 0 Å². The normalized spacial score (nSPS) is 14.6. The van der Waals surface area contributed by atoms with Gasteiger partial charge in [0, 0.05) is 54.4 Å². The molecule has 5 nitrogen and oxygen atoms in total. The van der Waals surface area contributed by atoms with Crippen LogP contribution in [0.3, 0.4) is 0 Å². The number of fused-ring (bicyclic) bond motifs is 1. The lowest BCUT2D eigenvalue weighted by atomic mass is 9.98. The van der Waals surface area contributed by atoms with Crippen LogP contribution in [0.2, 0.25) is 0 Å². The van der Waals surface area contributed by atoms with Gasteiger partial charge < -0.3 is 15.0 Å². The van der Waals surface area contributed by atoms with Crippen molar-refractivity contribution in [1.82, 2.24) is 9.88 Å². The number of methoxy groups -OCH3 is 1. The van der Waals surface area contributed by atoms with Gasteiger partial charge in [-0.25, -0.2) is 4.39 Å². The van der Waals surface area contributed by atoms with Gasteiger partial charge in [0.1, 0.15) is 11.6 Å². The van der Waals surface area contributed by atoms with Crippen LogP contribution in [0.1, 0.15) is 18.4 Å². The molecule has 4 rings (SSSR count). The predicted molar refractivity (Wildman–Crippen MR) is 114 cm³/mol. The lowest BCUT2D eigenvalue weighted by molar-refractivity contribution is -0.116. The Kier molecular flexibility index (Phi) is 5.62. The van der Waals surface area contributed by atoms with Crippen molar-refractivity contribution in [2.24, 2.45) is 0 Å². The molecule has 2 aromatic carbocycles. The molecule has 1 aliphatic rings. The summed E-state index contributed by atoms with van der Waals surface area (Å²) in [5.74, 6) is 0.390. The number of amides is 1. The summed E-state index contributed by atoms with van der Waals surface area (Å²) in [6, 6.07) is 12.0. The highest BCUT2D eigenvalue weighted by Gasteiger charge is 2.17. The number of aromatic nitrogens is 1. The average Bonchev–Trinajstić information content (AvgIpc) is 3.16. The highest BCUT2D eigenvalue weighted by Crippen LogP contribution is 2.31. The minimum Gasteiger partial charge on any atom is -0.497 e. The number of halogens is 1. The second-order valence-corrected chi connectivity index (χ2v) is 7.20. The van der Waals surface area contributed by atoms with Crippen molar-refractivity contribution in [3.63, 3.8) is 0 Å². The number of anilines is 1. The quantitative estimate of drug-likeness (QED) is 0.651. The van der Waals surface area contributed by atoms with Crippen LogP contribution in [-0.4, -0.2) is 42.5 Å². The lowest BCUT2D eigenvalue weighted by Gasteiger charge is -2.26. The molecule has 1 amide bonds. The molecule has 0 fully saturated rings. The Bertz CT molecular complexity index is 1060. The summed E-state index contributed by atoms with van der Waals surface area (Å²) in [5, 5.41) is 3.91. The number of rotatable bonds is 6. The Hall–Kier alpha value is -3.12. The van der Waals surface area contributed by atoms with Gasteiger partial charge in [-0.1, -0.05) is 12.1 Å². The van der Waals surface area contributed by atoms with E-state index in [0.29, 0.717) is 18.7 Å². The van der Waals surface area contributed by atoms with Gasteiger partial charge in [-0.3, -0.25) is 9.69 Å². The molecule has 0 spiro atoms. The minimum atomic E-state index is -0.355. The molecular weight excluding hydrogens is 369 g/mol. The molecule has 6 heteroatoms. The van der Waals surface area contributed by atoms with E-state index >= 15 is 0 Å². The fourth-order valence-corrected chi connectivity index (χ4v) is 3.70. The molecule has 0 saturated heterocycles. The van der Waals surface area contributed by atoms with E-state index in [9.17, 15) is 9.18 Å². The van der Waals surface area contributed by atoms with Crippen LogP contribution in [0.15, 0.2) is 54.7 Å². The molecular formula is C23H24FN3O2. The van der Waals surface area contributed by atoms with E-state index in [1.807, 2.05) is 12.1 Å². The standard InChI is InChI=1S/C23H24FN3O2/c1-29-19-5-6-22-20(14-19)21(15-25-22)16-7-10-27(11-8-16)12-9-23(28)26-18-4-2-3-17(24)13-18/h2-7,13-15,25H,8-12H2,1H3,(H,26,28). The molecule has 0 radical (unpaired) electrons. The monoisotopic (exact) mass is 393 g/mol. The number of H-pyrrole nitrogens is 1.